The molecule has 0 amide bonds. The number of nitrogens with zero attached hydrogens (tertiary/aromatic N) is 1. The second kappa shape index (κ2) is 9.56. The third-order valence-electron chi connectivity index (χ3n) is 4.05. The Morgan fingerprint density at radius 2 is 1.97 bits per heavy atom. The first kappa shape index (κ1) is 21.5. The number of rotatable bonds is 7. The van der Waals surface area contributed by atoms with E-state index in [-0.39, 0.29) is 18.2 Å². The van der Waals surface area contributed by atoms with E-state index in [1.54, 1.807) is 30.3 Å². The summed E-state index contributed by atoms with van der Waals surface area (Å²) >= 11 is 12.1. The van der Waals surface area contributed by atoms with Crippen LogP contribution in [0, 0.1) is 6.92 Å². The van der Waals surface area contributed by atoms with Crippen LogP contribution in [0.3, 0.4) is 0 Å². The van der Waals surface area contributed by atoms with Crippen molar-refractivity contribution in [1.29, 1.82) is 0 Å². The van der Waals surface area contributed by atoms with Crippen LogP contribution in [0.4, 0.5) is 0 Å². The van der Waals surface area contributed by atoms with Gasteiger partial charge in [-0.3, -0.25) is 0 Å². The normalized spacial score (nSPS) is 11.3. The fourth-order valence-electron chi connectivity index (χ4n) is 2.57. The standard InChI is InChI=1S/C21H18Cl2N2O5/c1-12-4-3-5-16(23)19(12)28-11-14-7-9-18(29-14)21(26)30-25-20(24)15-10-13(22)6-8-17(15)27-2/h3-10H,11H2,1-2H3,(H2,24,25). The van der Waals surface area contributed by atoms with E-state index in [9.17, 15) is 4.79 Å². The third kappa shape index (κ3) is 5.06. The molecular formula is C21H18Cl2N2O5. The average molecular weight is 449 g/mol. The number of carbonyl (C=O) groups excluding carboxylic acids is 1. The number of hydrogen-bond donors (Lipinski definition) is 1. The fraction of sp³-hybridized carbons (Fsp3) is 0.143. The molecule has 9 heteroatoms. The molecule has 0 bridgehead atoms. The molecule has 0 spiro atoms. The van der Waals surface area contributed by atoms with Crippen LogP contribution in [0.1, 0.15) is 27.4 Å². The van der Waals surface area contributed by atoms with Crippen LogP contribution in [0.25, 0.3) is 0 Å². The van der Waals surface area contributed by atoms with Crippen molar-refractivity contribution in [2.45, 2.75) is 13.5 Å². The lowest BCUT2D eigenvalue weighted by Gasteiger charge is -2.09. The van der Waals surface area contributed by atoms with Crippen molar-refractivity contribution in [3.05, 3.63) is 81.2 Å². The minimum absolute atomic E-state index is 0.0564. The smallest absolute Gasteiger partial charge is 0.400 e. The summed E-state index contributed by atoms with van der Waals surface area (Å²) in [5, 5.41) is 4.56. The van der Waals surface area contributed by atoms with Crippen molar-refractivity contribution in [2.24, 2.45) is 10.9 Å². The molecule has 3 rings (SSSR count). The van der Waals surface area contributed by atoms with Gasteiger partial charge in [0.15, 0.2) is 5.84 Å². The second-order valence-electron chi connectivity index (χ2n) is 6.14. The quantitative estimate of drug-likeness (QED) is 0.237. The summed E-state index contributed by atoms with van der Waals surface area (Å²) in [7, 11) is 1.47. The van der Waals surface area contributed by atoms with E-state index in [1.165, 1.54) is 13.2 Å². The lowest BCUT2D eigenvalue weighted by atomic mass is 10.2. The molecule has 1 heterocycles. The van der Waals surface area contributed by atoms with E-state index in [1.807, 2.05) is 19.1 Å². The van der Waals surface area contributed by atoms with Crippen molar-refractivity contribution in [2.75, 3.05) is 7.11 Å². The Morgan fingerprint density at radius 1 is 1.17 bits per heavy atom. The highest BCUT2D eigenvalue weighted by Crippen LogP contribution is 2.29. The fourth-order valence-corrected chi connectivity index (χ4v) is 3.02. The number of aryl methyl sites for hydroxylation is 1. The molecule has 30 heavy (non-hydrogen) atoms. The van der Waals surface area contributed by atoms with E-state index >= 15 is 0 Å². The van der Waals surface area contributed by atoms with Gasteiger partial charge >= 0.3 is 5.97 Å². The molecule has 0 fully saturated rings. The highest BCUT2D eigenvalue weighted by atomic mass is 35.5. The van der Waals surface area contributed by atoms with Gasteiger partial charge < -0.3 is 24.5 Å². The van der Waals surface area contributed by atoms with Gasteiger partial charge in [0.1, 0.15) is 23.9 Å². The maximum atomic E-state index is 12.2. The molecule has 1 aromatic heterocycles. The first-order valence-electron chi connectivity index (χ1n) is 8.74. The largest absolute Gasteiger partial charge is 0.496 e. The summed E-state index contributed by atoms with van der Waals surface area (Å²) in [5.41, 5.74) is 7.16. The van der Waals surface area contributed by atoms with Crippen LogP contribution < -0.4 is 15.2 Å². The van der Waals surface area contributed by atoms with Crippen LogP contribution in [-0.2, 0) is 11.4 Å². The highest BCUT2D eigenvalue weighted by molar-refractivity contribution is 6.32. The molecule has 0 aliphatic carbocycles. The molecule has 0 aliphatic rings. The SMILES string of the molecule is COc1ccc(Cl)cc1/C(N)=N/OC(=O)c1ccc(COc2c(C)cccc2Cl)o1. The maximum Gasteiger partial charge on any atom is 0.400 e. The van der Waals surface area contributed by atoms with Crippen molar-refractivity contribution in [3.63, 3.8) is 0 Å². The van der Waals surface area contributed by atoms with Crippen molar-refractivity contribution in [3.8, 4) is 11.5 Å². The van der Waals surface area contributed by atoms with E-state index in [2.05, 4.69) is 5.16 Å². The van der Waals surface area contributed by atoms with Gasteiger partial charge in [-0.2, -0.15) is 0 Å². The Bertz CT molecular complexity index is 1070. The summed E-state index contributed by atoms with van der Waals surface area (Å²) in [6.45, 7) is 1.96. The zero-order chi connectivity index (χ0) is 21.7. The number of nitrogens with two attached hydrogens (primary N) is 1. The summed E-state index contributed by atoms with van der Waals surface area (Å²) in [6, 6.07) is 13.3. The van der Waals surface area contributed by atoms with Crippen LogP contribution in [0.15, 0.2) is 58.1 Å². The first-order chi connectivity index (χ1) is 14.4. The van der Waals surface area contributed by atoms with Gasteiger partial charge in [0.25, 0.3) is 0 Å². The van der Waals surface area contributed by atoms with Crippen LogP contribution >= 0.6 is 23.2 Å². The van der Waals surface area contributed by atoms with Crippen LogP contribution in [0.5, 0.6) is 11.5 Å². The molecule has 2 aromatic carbocycles. The zero-order valence-electron chi connectivity index (χ0n) is 16.1. The highest BCUT2D eigenvalue weighted by Gasteiger charge is 2.16. The van der Waals surface area contributed by atoms with E-state index in [4.69, 9.17) is 47.7 Å². The third-order valence-corrected chi connectivity index (χ3v) is 4.58. The zero-order valence-corrected chi connectivity index (χ0v) is 17.7. The van der Waals surface area contributed by atoms with E-state index < -0.39 is 5.97 Å². The second-order valence-corrected chi connectivity index (χ2v) is 6.98. The summed E-state index contributed by atoms with van der Waals surface area (Å²) < 4.78 is 16.3. The molecule has 0 saturated heterocycles. The molecule has 0 aliphatic heterocycles. The number of hydrogen-bond acceptors (Lipinski definition) is 6. The lowest BCUT2D eigenvalue weighted by molar-refractivity contribution is 0.0475. The molecule has 2 N–H and O–H groups in total. The maximum absolute atomic E-state index is 12.2. The predicted molar refractivity (Wildman–Crippen MR) is 113 cm³/mol. The first-order valence-corrected chi connectivity index (χ1v) is 9.50. The Kier molecular flexibility index (Phi) is 6.87. The molecule has 0 unspecified atom stereocenters. The number of methoxy groups -OCH3 is 1. The Labute approximate surface area is 182 Å². The molecule has 0 radical (unpaired) electrons. The molecule has 0 saturated carbocycles. The van der Waals surface area contributed by atoms with E-state index in [0.29, 0.717) is 32.9 Å². The van der Waals surface area contributed by atoms with Gasteiger partial charge in [0.05, 0.1) is 17.7 Å². The summed E-state index contributed by atoms with van der Waals surface area (Å²) in [4.78, 5) is 17.1. The van der Waals surface area contributed by atoms with Gasteiger partial charge in [-0.25, -0.2) is 4.79 Å². The van der Waals surface area contributed by atoms with Gasteiger partial charge in [0, 0.05) is 5.02 Å². The number of benzene rings is 2. The Hall–Kier alpha value is -3.16. The number of amidine groups is 1. The number of furan rings is 1. The minimum atomic E-state index is -0.820. The number of carbonyl (C=O) groups is 1. The number of ether oxygens (including phenoxy) is 2. The number of halogens is 2. The summed E-state index contributed by atoms with van der Waals surface area (Å²) in [6.07, 6.45) is 0. The number of oxime groups is 1. The van der Waals surface area contributed by atoms with Crippen molar-refractivity contribution < 1.29 is 23.5 Å². The van der Waals surface area contributed by atoms with Gasteiger partial charge in [-0.05, 0) is 48.9 Å². The monoisotopic (exact) mass is 448 g/mol. The van der Waals surface area contributed by atoms with Crippen LogP contribution in [-0.4, -0.2) is 18.9 Å². The van der Waals surface area contributed by atoms with Gasteiger partial charge in [-0.15, -0.1) is 0 Å². The van der Waals surface area contributed by atoms with Gasteiger partial charge in [-0.1, -0.05) is 40.5 Å². The Morgan fingerprint density at radius 3 is 2.70 bits per heavy atom. The molecule has 3 aromatic rings. The van der Waals surface area contributed by atoms with Crippen LogP contribution in [0.2, 0.25) is 10.0 Å². The summed E-state index contributed by atoms with van der Waals surface area (Å²) in [5.74, 6) is 0.441. The predicted octanol–water partition coefficient (Wildman–Crippen LogP) is 4.96. The van der Waals surface area contributed by atoms with Crippen molar-refractivity contribution >= 4 is 35.0 Å². The topological polar surface area (TPSA) is 96.3 Å². The molecule has 0 atom stereocenters. The van der Waals surface area contributed by atoms with Gasteiger partial charge in [0.2, 0.25) is 5.76 Å². The minimum Gasteiger partial charge on any atom is -0.496 e. The lowest BCUT2D eigenvalue weighted by Crippen LogP contribution is -2.16. The van der Waals surface area contributed by atoms with Crippen molar-refractivity contribution in [1.82, 2.24) is 0 Å². The Balaban J connectivity index is 1.65. The molecule has 156 valence electrons. The number of para-hydroxylation sites is 1. The molecular weight excluding hydrogens is 431 g/mol. The van der Waals surface area contributed by atoms with E-state index in [0.717, 1.165) is 5.56 Å². The average Bonchev–Trinajstić information content (AvgIpc) is 3.20. The molecule has 7 nitrogen and oxygen atoms in total.